The second-order valence-corrected chi connectivity index (χ2v) is 5.37. The van der Waals surface area contributed by atoms with E-state index in [0.717, 1.165) is 26.4 Å². The number of hydrogen-bond acceptors (Lipinski definition) is 3. The minimum absolute atomic E-state index is 0.407. The van der Waals surface area contributed by atoms with Gasteiger partial charge in [0.05, 0.1) is 19.3 Å². The molecule has 0 amide bonds. The van der Waals surface area contributed by atoms with Crippen LogP contribution in [0.1, 0.15) is 46.5 Å². The lowest BCUT2D eigenvalue weighted by molar-refractivity contribution is -0.00752. The van der Waals surface area contributed by atoms with Crippen molar-refractivity contribution in [3.05, 3.63) is 0 Å². The quantitative estimate of drug-likeness (QED) is 0.631. The summed E-state index contributed by atoms with van der Waals surface area (Å²) in [6.45, 7) is 9.96. The van der Waals surface area contributed by atoms with E-state index >= 15 is 0 Å². The van der Waals surface area contributed by atoms with Crippen molar-refractivity contribution in [2.45, 2.75) is 58.6 Å². The summed E-state index contributed by atoms with van der Waals surface area (Å²) >= 11 is 0. The Kier molecular flexibility index (Phi) is 7.82. The Morgan fingerprint density at radius 2 is 2.06 bits per heavy atom. The minimum Gasteiger partial charge on any atom is -0.379 e. The summed E-state index contributed by atoms with van der Waals surface area (Å²) in [6.07, 6.45) is 5.35. The molecular weight excluding hydrogens is 214 g/mol. The van der Waals surface area contributed by atoms with Crippen LogP contribution in [0.2, 0.25) is 0 Å². The highest BCUT2D eigenvalue weighted by Crippen LogP contribution is 2.22. The smallest absolute Gasteiger partial charge is 0.0729 e. The van der Waals surface area contributed by atoms with E-state index in [1.54, 1.807) is 0 Å². The third kappa shape index (κ3) is 6.39. The first-order valence-electron chi connectivity index (χ1n) is 7.16. The van der Waals surface area contributed by atoms with Gasteiger partial charge in [0, 0.05) is 12.6 Å². The fourth-order valence-electron chi connectivity index (χ4n) is 2.27. The molecule has 0 heterocycles. The van der Waals surface area contributed by atoms with Gasteiger partial charge in [-0.2, -0.15) is 0 Å². The highest BCUT2D eigenvalue weighted by Gasteiger charge is 2.26. The van der Waals surface area contributed by atoms with Crippen molar-refractivity contribution in [3.63, 3.8) is 0 Å². The molecule has 2 unspecified atom stereocenters. The molecule has 0 spiro atoms. The Morgan fingerprint density at radius 1 is 1.24 bits per heavy atom. The zero-order valence-corrected chi connectivity index (χ0v) is 11.7. The van der Waals surface area contributed by atoms with E-state index in [0.29, 0.717) is 18.1 Å². The lowest BCUT2D eigenvalue weighted by Gasteiger charge is -2.21. The molecule has 1 aliphatic carbocycles. The molecule has 0 aromatic rings. The average Bonchev–Trinajstić information content (AvgIpc) is 2.73. The molecule has 3 heteroatoms. The predicted molar refractivity (Wildman–Crippen MR) is 71.3 cm³/mol. The van der Waals surface area contributed by atoms with Gasteiger partial charge in [0.25, 0.3) is 0 Å². The van der Waals surface area contributed by atoms with Gasteiger partial charge in [0.1, 0.15) is 0 Å². The van der Waals surface area contributed by atoms with Crippen LogP contribution < -0.4 is 5.32 Å². The number of ether oxygens (including phenoxy) is 2. The van der Waals surface area contributed by atoms with Crippen LogP contribution in [-0.4, -0.2) is 38.5 Å². The summed E-state index contributed by atoms with van der Waals surface area (Å²) in [6, 6.07) is 0.569. The fraction of sp³-hybridized carbons (Fsp3) is 1.00. The monoisotopic (exact) mass is 243 g/mol. The van der Waals surface area contributed by atoms with E-state index in [1.807, 2.05) is 0 Å². The maximum absolute atomic E-state index is 5.91. The van der Waals surface area contributed by atoms with Gasteiger partial charge in [-0.05, 0) is 38.1 Å². The Hall–Kier alpha value is -0.120. The molecule has 1 aliphatic rings. The molecule has 2 atom stereocenters. The van der Waals surface area contributed by atoms with E-state index in [1.165, 1.54) is 25.7 Å². The highest BCUT2D eigenvalue weighted by atomic mass is 16.5. The molecule has 1 N–H and O–H groups in total. The molecule has 0 radical (unpaired) electrons. The Balaban J connectivity index is 2.04. The highest BCUT2D eigenvalue weighted by molar-refractivity contribution is 4.83. The van der Waals surface area contributed by atoms with Crippen molar-refractivity contribution in [3.8, 4) is 0 Å². The van der Waals surface area contributed by atoms with Crippen molar-refractivity contribution in [2.24, 2.45) is 5.92 Å². The van der Waals surface area contributed by atoms with Gasteiger partial charge in [-0.25, -0.2) is 0 Å². The summed E-state index contributed by atoms with van der Waals surface area (Å²) in [5, 5.41) is 3.57. The van der Waals surface area contributed by atoms with Gasteiger partial charge in [-0.1, -0.05) is 20.8 Å². The van der Waals surface area contributed by atoms with Crippen LogP contribution in [0.25, 0.3) is 0 Å². The summed E-state index contributed by atoms with van der Waals surface area (Å²) in [5.74, 6) is 0.612. The summed E-state index contributed by atoms with van der Waals surface area (Å²) < 4.78 is 11.4. The summed E-state index contributed by atoms with van der Waals surface area (Å²) in [7, 11) is 0. The van der Waals surface area contributed by atoms with Gasteiger partial charge in [-0.15, -0.1) is 0 Å². The molecule has 0 aromatic heterocycles. The summed E-state index contributed by atoms with van der Waals surface area (Å²) in [5.41, 5.74) is 0. The van der Waals surface area contributed by atoms with Crippen molar-refractivity contribution >= 4 is 0 Å². The zero-order chi connectivity index (χ0) is 12.5. The van der Waals surface area contributed by atoms with Crippen LogP contribution in [0.4, 0.5) is 0 Å². The normalized spacial score (nSPS) is 24.7. The number of rotatable bonds is 9. The third-order valence-electron chi connectivity index (χ3n) is 3.12. The first-order valence-corrected chi connectivity index (χ1v) is 7.16. The lowest BCUT2D eigenvalue weighted by Crippen LogP contribution is -2.38. The second-order valence-electron chi connectivity index (χ2n) is 5.37. The Labute approximate surface area is 106 Å². The molecule has 0 saturated heterocycles. The minimum atomic E-state index is 0.407. The van der Waals surface area contributed by atoms with E-state index in [4.69, 9.17) is 9.47 Å². The van der Waals surface area contributed by atoms with Gasteiger partial charge < -0.3 is 14.8 Å². The van der Waals surface area contributed by atoms with Crippen LogP contribution in [0.15, 0.2) is 0 Å². The Morgan fingerprint density at radius 3 is 2.76 bits per heavy atom. The predicted octanol–water partition coefficient (Wildman–Crippen LogP) is 2.60. The molecular formula is C14H29NO2. The van der Waals surface area contributed by atoms with Gasteiger partial charge in [0.2, 0.25) is 0 Å². The first-order chi connectivity index (χ1) is 8.24. The Bertz CT molecular complexity index is 185. The number of nitrogens with one attached hydrogen (secondary N) is 1. The maximum atomic E-state index is 5.91. The van der Waals surface area contributed by atoms with Gasteiger partial charge in [0.15, 0.2) is 0 Å². The average molecular weight is 243 g/mol. The first kappa shape index (κ1) is 14.9. The van der Waals surface area contributed by atoms with Crippen LogP contribution in [0, 0.1) is 5.92 Å². The van der Waals surface area contributed by atoms with Crippen LogP contribution >= 0.6 is 0 Å². The topological polar surface area (TPSA) is 30.5 Å². The van der Waals surface area contributed by atoms with Crippen molar-refractivity contribution in [1.82, 2.24) is 5.32 Å². The fourth-order valence-corrected chi connectivity index (χ4v) is 2.27. The molecule has 0 aliphatic heterocycles. The standard InChI is InChI=1S/C14H29NO2/c1-4-8-15-13-6-5-7-14(13)17-10-9-16-11-12(2)3/h12-15H,4-11H2,1-3H3. The van der Waals surface area contributed by atoms with Crippen LogP contribution in [0.5, 0.6) is 0 Å². The van der Waals surface area contributed by atoms with Crippen LogP contribution in [-0.2, 0) is 9.47 Å². The largest absolute Gasteiger partial charge is 0.379 e. The second kappa shape index (κ2) is 8.90. The van der Waals surface area contributed by atoms with Crippen LogP contribution in [0.3, 0.4) is 0 Å². The van der Waals surface area contributed by atoms with E-state index < -0.39 is 0 Å². The molecule has 1 fully saturated rings. The zero-order valence-electron chi connectivity index (χ0n) is 11.7. The van der Waals surface area contributed by atoms with E-state index in [9.17, 15) is 0 Å². The van der Waals surface area contributed by atoms with Crippen molar-refractivity contribution in [1.29, 1.82) is 0 Å². The molecule has 1 saturated carbocycles. The number of hydrogen-bond donors (Lipinski definition) is 1. The van der Waals surface area contributed by atoms with E-state index in [2.05, 4.69) is 26.1 Å². The maximum Gasteiger partial charge on any atom is 0.0729 e. The van der Waals surface area contributed by atoms with Crippen molar-refractivity contribution < 1.29 is 9.47 Å². The molecule has 17 heavy (non-hydrogen) atoms. The molecule has 0 aromatic carbocycles. The summed E-state index contributed by atoms with van der Waals surface area (Å²) in [4.78, 5) is 0. The molecule has 0 bridgehead atoms. The van der Waals surface area contributed by atoms with Crippen molar-refractivity contribution in [2.75, 3.05) is 26.4 Å². The molecule has 102 valence electrons. The lowest BCUT2D eigenvalue weighted by atomic mass is 10.2. The van der Waals surface area contributed by atoms with E-state index in [-0.39, 0.29) is 0 Å². The SMILES string of the molecule is CCCNC1CCCC1OCCOCC(C)C. The van der Waals surface area contributed by atoms with Gasteiger partial charge in [-0.3, -0.25) is 0 Å². The third-order valence-corrected chi connectivity index (χ3v) is 3.12. The van der Waals surface area contributed by atoms with Gasteiger partial charge >= 0.3 is 0 Å². The molecule has 3 nitrogen and oxygen atoms in total. The molecule has 1 rings (SSSR count).